The average molecular weight is 268 g/mol. The Balaban J connectivity index is 2.81. The Bertz CT molecular complexity index is 501. The van der Waals surface area contributed by atoms with Crippen molar-refractivity contribution in [3.8, 4) is 0 Å². The summed E-state index contributed by atoms with van der Waals surface area (Å²) < 4.78 is 13.2. The Morgan fingerprint density at radius 3 is 2.53 bits per heavy atom. The SMILES string of the molecule is CCC(C)(C)NC(=O)Nc1ccc(F)c(C(=O)O)c1. The largest absolute Gasteiger partial charge is 0.478 e. The summed E-state index contributed by atoms with van der Waals surface area (Å²) in [5.41, 5.74) is -0.629. The molecule has 0 radical (unpaired) electrons. The molecule has 0 aliphatic heterocycles. The lowest BCUT2D eigenvalue weighted by Gasteiger charge is -2.24. The number of hydrogen-bond acceptors (Lipinski definition) is 2. The molecule has 0 spiro atoms. The molecule has 3 N–H and O–H groups in total. The minimum Gasteiger partial charge on any atom is -0.478 e. The Hall–Kier alpha value is -2.11. The number of carboxylic acid groups (broad SMARTS) is 1. The molecule has 0 atom stereocenters. The van der Waals surface area contributed by atoms with E-state index < -0.39 is 23.4 Å². The molecule has 104 valence electrons. The van der Waals surface area contributed by atoms with Gasteiger partial charge >= 0.3 is 12.0 Å². The van der Waals surface area contributed by atoms with Crippen molar-refractivity contribution in [1.82, 2.24) is 5.32 Å². The summed E-state index contributed by atoms with van der Waals surface area (Å²) in [6.07, 6.45) is 0.740. The normalized spacial score (nSPS) is 10.9. The lowest BCUT2D eigenvalue weighted by Crippen LogP contribution is -2.45. The van der Waals surface area contributed by atoms with Crippen molar-refractivity contribution in [2.45, 2.75) is 32.7 Å². The van der Waals surface area contributed by atoms with Gasteiger partial charge in [-0.15, -0.1) is 0 Å². The van der Waals surface area contributed by atoms with Crippen LogP contribution < -0.4 is 10.6 Å². The first kappa shape index (κ1) is 14.9. The molecule has 0 aliphatic carbocycles. The topological polar surface area (TPSA) is 78.4 Å². The summed E-state index contributed by atoms with van der Waals surface area (Å²) in [5, 5.41) is 14.0. The van der Waals surface area contributed by atoms with E-state index in [4.69, 9.17) is 5.11 Å². The van der Waals surface area contributed by atoms with Crippen molar-refractivity contribution in [2.24, 2.45) is 0 Å². The predicted octanol–water partition coefficient (Wildman–Crippen LogP) is 2.83. The maximum atomic E-state index is 13.2. The molecule has 0 aliphatic rings. The highest BCUT2D eigenvalue weighted by molar-refractivity contribution is 5.93. The van der Waals surface area contributed by atoms with Crippen LogP contribution in [0.2, 0.25) is 0 Å². The molecule has 1 rings (SSSR count). The molecule has 0 saturated carbocycles. The van der Waals surface area contributed by atoms with Crippen molar-refractivity contribution < 1.29 is 19.1 Å². The molecule has 6 heteroatoms. The smallest absolute Gasteiger partial charge is 0.338 e. The van der Waals surface area contributed by atoms with Gasteiger partial charge in [0.25, 0.3) is 0 Å². The molecular formula is C13H17FN2O3. The van der Waals surface area contributed by atoms with Gasteiger partial charge in [0.2, 0.25) is 0 Å². The van der Waals surface area contributed by atoms with Crippen molar-refractivity contribution in [1.29, 1.82) is 0 Å². The number of carbonyl (C=O) groups is 2. The van der Waals surface area contributed by atoms with Crippen LogP contribution in [0.5, 0.6) is 0 Å². The second-order valence-electron chi connectivity index (χ2n) is 4.82. The number of halogens is 1. The fraction of sp³-hybridized carbons (Fsp3) is 0.385. The molecule has 0 bridgehead atoms. The summed E-state index contributed by atoms with van der Waals surface area (Å²) in [6.45, 7) is 5.65. The van der Waals surface area contributed by atoms with Crippen LogP contribution in [-0.4, -0.2) is 22.6 Å². The van der Waals surface area contributed by atoms with Gasteiger partial charge in [-0.1, -0.05) is 6.92 Å². The Morgan fingerprint density at radius 1 is 1.37 bits per heavy atom. The van der Waals surface area contributed by atoms with Crippen molar-refractivity contribution in [3.05, 3.63) is 29.6 Å². The van der Waals surface area contributed by atoms with E-state index in [-0.39, 0.29) is 11.2 Å². The number of anilines is 1. The molecule has 1 aromatic carbocycles. The van der Waals surface area contributed by atoms with Crippen LogP contribution in [0, 0.1) is 5.82 Å². The summed E-state index contributed by atoms with van der Waals surface area (Å²) in [5.74, 6) is -2.22. The molecule has 0 aromatic heterocycles. The zero-order chi connectivity index (χ0) is 14.6. The third-order valence-electron chi connectivity index (χ3n) is 2.79. The number of hydrogen-bond donors (Lipinski definition) is 3. The monoisotopic (exact) mass is 268 g/mol. The standard InChI is InChI=1S/C13H17FN2O3/c1-4-13(2,3)16-12(19)15-8-5-6-10(14)9(7-8)11(17)18/h5-7H,4H2,1-3H3,(H,17,18)(H2,15,16,19). The first-order valence-corrected chi connectivity index (χ1v) is 5.87. The van der Waals surface area contributed by atoms with Gasteiger partial charge in [0.1, 0.15) is 5.82 Å². The number of nitrogens with one attached hydrogen (secondary N) is 2. The third-order valence-corrected chi connectivity index (χ3v) is 2.79. The van der Waals surface area contributed by atoms with Crippen LogP contribution in [0.1, 0.15) is 37.6 Å². The number of benzene rings is 1. The molecule has 0 unspecified atom stereocenters. The number of aromatic carboxylic acids is 1. The van der Waals surface area contributed by atoms with Crippen molar-refractivity contribution >= 4 is 17.7 Å². The van der Waals surface area contributed by atoms with Gasteiger partial charge in [-0.3, -0.25) is 0 Å². The quantitative estimate of drug-likeness (QED) is 0.785. The first-order chi connectivity index (χ1) is 8.75. The summed E-state index contributed by atoms with van der Waals surface area (Å²) in [7, 11) is 0. The van der Waals surface area contributed by atoms with E-state index in [1.807, 2.05) is 20.8 Å². The molecule has 5 nitrogen and oxygen atoms in total. The summed E-state index contributed by atoms with van der Waals surface area (Å²) >= 11 is 0. The maximum absolute atomic E-state index is 13.2. The number of rotatable bonds is 4. The Labute approximate surface area is 110 Å². The summed E-state index contributed by atoms with van der Waals surface area (Å²) in [4.78, 5) is 22.5. The van der Waals surface area contributed by atoms with Gasteiger partial charge in [0.05, 0.1) is 5.56 Å². The van der Waals surface area contributed by atoms with E-state index in [2.05, 4.69) is 10.6 Å². The highest BCUT2D eigenvalue weighted by Crippen LogP contribution is 2.15. The molecular weight excluding hydrogens is 251 g/mol. The number of amides is 2. The minimum atomic E-state index is -1.38. The van der Waals surface area contributed by atoms with Crippen LogP contribution in [0.25, 0.3) is 0 Å². The fourth-order valence-corrected chi connectivity index (χ4v) is 1.32. The van der Waals surface area contributed by atoms with Gasteiger partial charge in [-0.05, 0) is 38.5 Å². The summed E-state index contributed by atoms with van der Waals surface area (Å²) in [6, 6.07) is 2.93. The van der Waals surface area contributed by atoms with Crippen LogP contribution >= 0.6 is 0 Å². The number of carboxylic acids is 1. The van der Waals surface area contributed by atoms with Gasteiger partial charge < -0.3 is 15.7 Å². The predicted molar refractivity (Wildman–Crippen MR) is 69.9 cm³/mol. The van der Waals surface area contributed by atoms with E-state index in [9.17, 15) is 14.0 Å². The van der Waals surface area contributed by atoms with Gasteiger partial charge in [0, 0.05) is 11.2 Å². The zero-order valence-electron chi connectivity index (χ0n) is 11.1. The molecule has 19 heavy (non-hydrogen) atoms. The lowest BCUT2D eigenvalue weighted by molar-refractivity contribution is 0.0692. The maximum Gasteiger partial charge on any atom is 0.338 e. The van der Waals surface area contributed by atoms with Crippen LogP contribution in [0.3, 0.4) is 0 Å². The Morgan fingerprint density at radius 2 is 2.00 bits per heavy atom. The lowest BCUT2D eigenvalue weighted by atomic mass is 10.0. The van der Waals surface area contributed by atoms with Gasteiger partial charge in [0.15, 0.2) is 0 Å². The minimum absolute atomic E-state index is 0.225. The van der Waals surface area contributed by atoms with Crippen molar-refractivity contribution in [2.75, 3.05) is 5.32 Å². The molecule has 0 saturated heterocycles. The van der Waals surface area contributed by atoms with E-state index in [0.717, 1.165) is 18.6 Å². The highest BCUT2D eigenvalue weighted by atomic mass is 19.1. The van der Waals surface area contributed by atoms with Gasteiger partial charge in [-0.25, -0.2) is 14.0 Å². The fourth-order valence-electron chi connectivity index (χ4n) is 1.32. The van der Waals surface area contributed by atoms with E-state index >= 15 is 0 Å². The molecule has 2 amide bonds. The molecule has 0 fully saturated rings. The second kappa shape index (κ2) is 5.69. The van der Waals surface area contributed by atoms with E-state index in [0.29, 0.717) is 0 Å². The molecule has 0 heterocycles. The Kier molecular flexibility index (Phi) is 4.47. The van der Waals surface area contributed by atoms with Crippen LogP contribution in [0.15, 0.2) is 18.2 Å². The molecule has 1 aromatic rings. The number of urea groups is 1. The average Bonchev–Trinajstić information content (AvgIpc) is 2.30. The third kappa shape index (κ3) is 4.24. The second-order valence-corrected chi connectivity index (χ2v) is 4.82. The van der Waals surface area contributed by atoms with Gasteiger partial charge in [-0.2, -0.15) is 0 Å². The van der Waals surface area contributed by atoms with E-state index in [1.165, 1.54) is 6.07 Å². The first-order valence-electron chi connectivity index (χ1n) is 5.87. The van der Waals surface area contributed by atoms with Crippen LogP contribution in [0.4, 0.5) is 14.9 Å². The van der Waals surface area contributed by atoms with E-state index in [1.54, 1.807) is 0 Å². The van der Waals surface area contributed by atoms with Crippen molar-refractivity contribution in [3.63, 3.8) is 0 Å². The van der Waals surface area contributed by atoms with Crippen LogP contribution in [-0.2, 0) is 0 Å². The zero-order valence-corrected chi connectivity index (χ0v) is 11.1. The number of carbonyl (C=O) groups excluding carboxylic acids is 1. The highest BCUT2D eigenvalue weighted by Gasteiger charge is 2.18.